The minimum atomic E-state index is -0.278. The molecule has 0 aliphatic carbocycles. The van der Waals surface area contributed by atoms with Crippen molar-refractivity contribution >= 4 is 23.2 Å². The fourth-order valence-corrected chi connectivity index (χ4v) is 3.13. The smallest absolute Gasteiger partial charge is 0.251 e. The Labute approximate surface area is 187 Å². The van der Waals surface area contributed by atoms with Gasteiger partial charge in [-0.25, -0.2) is 4.39 Å². The van der Waals surface area contributed by atoms with E-state index < -0.39 is 0 Å². The van der Waals surface area contributed by atoms with Gasteiger partial charge in [-0.3, -0.25) is 4.79 Å². The van der Waals surface area contributed by atoms with Crippen LogP contribution >= 0.6 is 11.6 Å². The van der Waals surface area contributed by atoms with Gasteiger partial charge in [0.2, 0.25) is 0 Å². The highest BCUT2D eigenvalue weighted by Gasteiger charge is 2.09. The molecule has 0 aliphatic heterocycles. The summed E-state index contributed by atoms with van der Waals surface area (Å²) in [6.45, 7) is 5.53. The number of nitrogens with one attached hydrogen (secondary N) is 2. The Morgan fingerprint density at radius 1 is 1.06 bits per heavy atom. The molecule has 4 nitrogen and oxygen atoms in total. The summed E-state index contributed by atoms with van der Waals surface area (Å²) in [7, 11) is 0. The highest BCUT2D eigenvalue weighted by atomic mass is 35.5. The van der Waals surface area contributed by atoms with E-state index in [-0.39, 0.29) is 11.7 Å². The molecule has 0 fully saturated rings. The van der Waals surface area contributed by atoms with Crippen molar-refractivity contribution in [3.8, 4) is 5.75 Å². The Kier molecular flexibility index (Phi) is 7.90. The van der Waals surface area contributed by atoms with Gasteiger partial charge in [-0.05, 0) is 60.0 Å². The lowest BCUT2D eigenvalue weighted by Crippen LogP contribution is -2.27. The zero-order valence-corrected chi connectivity index (χ0v) is 18.4. The van der Waals surface area contributed by atoms with Crippen molar-refractivity contribution in [2.75, 3.05) is 11.9 Å². The van der Waals surface area contributed by atoms with Crippen LogP contribution in [0.3, 0.4) is 0 Å². The van der Waals surface area contributed by atoms with Crippen molar-refractivity contribution in [3.05, 3.63) is 94.3 Å². The van der Waals surface area contributed by atoms with Crippen LogP contribution in [0.25, 0.3) is 0 Å². The van der Waals surface area contributed by atoms with Gasteiger partial charge >= 0.3 is 0 Å². The molecule has 0 aliphatic rings. The molecular weight excluding hydrogens is 415 g/mol. The van der Waals surface area contributed by atoms with Gasteiger partial charge in [-0.2, -0.15) is 0 Å². The number of carbonyl (C=O) groups is 1. The average Bonchev–Trinajstić information content (AvgIpc) is 2.76. The maximum Gasteiger partial charge on any atom is 0.251 e. The zero-order valence-electron chi connectivity index (χ0n) is 17.6. The molecule has 6 heteroatoms. The van der Waals surface area contributed by atoms with Crippen LogP contribution < -0.4 is 15.4 Å². The fourth-order valence-electron chi connectivity index (χ4n) is 2.94. The Bertz CT molecular complexity index is 1020. The van der Waals surface area contributed by atoms with Crippen molar-refractivity contribution in [3.63, 3.8) is 0 Å². The van der Waals surface area contributed by atoms with Gasteiger partial charge in [0.1, 0.15) is 18.2 Å². The summed E-state index contributed by atoms with van der Waals surface area (Å²) in [5.74, 6) is 0.706. The molecule has 0 spiro atoms. The van der Waals surface area contributed by atoms with E-state index in [4.69, 9.17) is 16.3 Å². The summed E-state index contributed by atoms with van der Waals surface area (Å²) in [5, 5.41) is 6.85. The standard InChI is InChI=1S/C25H26ClFN2O2/c1-17(2)14-29-25(30)19-4-3-5-23(13-19)28-15-20-12-21(26)8-11-24(20)31-16-18-6-9-22(27)10-7-18/h3-13,17,28H,14-16H2,1-2H3,(H,29,30). The van der Waals surface area contributed by atoms with Gasteiger partial charge in [-0.1, -0.05) is 43.6 Å². The summed E-state index contributed by atoms with van der Waals surface area (Å²) in [5.41, 5.74) is 3.17. The lowest BCUT2D eigenvalue weighted by Gasteiger charge is -2.14. The summed E-state index contributed by atoms with van der Waals surface area (Å²) >= 11 is 6.18. The molecule has 0 unspecified atom stereocenters. The van der Waals surface area contributed by atoms with E-state index >= 15 is 0 Å². The summed E-state index contributed by atoms with van der Waals surface area (Å²) in [4.78, 5) is 12.3. The van der Waals surface area contributed by atoms with Crippen LogP contribution in [0.4, 0.5) is 10.1 Å². The lowest BCUT2D eigenvalue weighted by molar-refractivity contribution is 0.0949. The first-order valence-electron chi connectivity index (χ1n) is 10.2. The normalized spacial score (nSPS) is 10.7. The van der Waals surface area contributed by atoms with E-state index in [1.807, 2.05) is 30.3 Å². The van der Waals surface area contributed by atoms with Gasteiger partial charge in [-0.15, -0.1) is 0 Å². The van der Waals surface area contributed by atoms with Gasteiger partial charge in [0.15, 0.2) is 0 Å². The van der Waals surface area contributed by atoms with E-state index in [1.165, 1.54) is 12.1 Å². The summed E-state index contributed by atoms with van der Waals surface area (Å²) in [6.07, 6.45) is 0. The highest BCUT2D eigenvalue weighted by Crippen LogP contribution is 2.25. The van der Waals surface area contributed by atoms with Crippen molar-refractivity contribution in [1.29, 1.82) is 0 Å². The number of amides is 1. The summed E-state index contributed by atoms with van der Waals surface area (Å²) < 4.78 is 19.0. The number of ether oxygens (including phenoxy) is 1. The molecule has 162 valence electrons. The third-order valence-electron chi connectivity index (χ3n) is 4.61. The number of hydrogen-bond acceptors (Lipinski definition) is 3. The van der Waals surface area contributed by atoms with E-state index in [0.29, 0.717) is 41.9 Å². The topological polar surface area (TPSA) is 50.4 Å². The highest BCUT2D eigenvalue weighted by molar-refractivity contribution is 6.30. The third-order valence-corrected chi connectivity index (χ3v) is 4.84. The first-order chi connectivity index (χ1) is 14.9. The second-order valence-corrected chi connectivity index (χ2v) is 8.14. The van der Waals surface area contributed by atoms with Crippen LogP contribution in [0, 0.1) is 11.7 Å². The molecule has 0 atom stereocenters. The molecule has 3 aromatic carbocycles. The average molecular weight is 441 g/mol. The first kappa shape index (κ1) is 22.6. The second-order valence-electron chi connectivity index (χ2n) is 7.71. The number of hydrogen-bond donors (Lipinski definition) is 2. The van der Waals surface area contributed by atoms with Crippen LogP contribution in [-0.2, 0) is 13.2 Å². The fraction of sp³-hybridized carbons (Fsp3) is 0.240. The molecule has 0 heterocycles. The largest absolute Gasteiger partial charge is 0.489 e. The van der Waals surface area contributed by atoms with Crippen LogP contribution in [0.15, 0.2) is 66.7 Å². The van der Waals surface area contributed by atoms with Crippen LogP contribution in [-0.4, -0.2) is 12.5 Å². The molecule has 3 aromatic rings. The molecule has 0 saturated heterocycles. The van der Waals surface area contributed by atoms with E-state index in [1.54, 1.807) is 24.3 Å². The van der Waals surface area contributed by atoms with Gasteiger partial charge in [0.05, 0.1) is 0 Å². The molecule has 3 rings (SSSR count). The molecule has 31 heavy (non-hydrogen) atoms. The maximum absolute atomic E-state index is 13.1. The minimum absolute atomic E-state index is 0.0941. The third kappa shape index (κ3) is 7.00. The van der Waals surface area contributed by atoms with E-state index in [9.17, 15) is 9.18 Å². The number of benzene rings is 3. The van der Waals surface area contributed by atoms with Gasteiger partial charge in [0, 0.05) is 34.9 Å². The lowest BCUT2D eigenvalue weighted by atomic mass is 10.1. The SMILES string of the molecule is CC(C)CNC(=O)c1cccc(NCc2cc(Cl)ccc2OCc2ccc(F)cc2)c1. The first-order valence-corrected chi connectivity index (χ1v) is 10.6. The molecule has 2 N–H and O–H groups in total. The predicted molar refractivity (Wildman–Crippen MR) is 123 cm³/mol. The van der Waals surface area contributed by atoms with Crippen molar-refractivity contribution < 1.29 is 13.9 Å². The maximum atomic E-state index is 13.1. The number of anilines is 1. The quantitative estimate of drug-likeness (QED) is 0.425. The monoisotopic (exact) mass is 440 g/mol. The molecule has 0 aromatic heterocycles. The second kappa shape index (κ2) is 10.8. The van der Waals surface area contributed by atoms with Gasteiger partial charge in [0.25, 0.3) is 5.91 Å². The van der Waals surface area contributed by atoms with Gasteiger partial charge < -0.3 is 15.4 Å². The molecule has 1 amide bonds. The van der Waals surface area contributed by atoms with E-state index in [0.717, 1.165) is 16.8 Å². The van der Waals surface area contributed by atoms with Crippen LogP contribution in [0.5, 0.6) is 5.75 Å². The number of carbonyl (C=O) groups excluding carboxylic acids is 1. The number of rotatable bonds is 9. The zero-order chi connectivity index (χ0) is 22.2. The van der Waals surface area contributed by atoms with Crippen molar-refractivity contribution in [2.24, 2.45) is 5.92 Å². The predicted octanol–water partition coefficient (Wildman–Crippen LogP) is 6.06. The number of halogens is 2. The van der Waals surface area contributed by atoms with Crippen molar-refractivity contribution in [2.45, 2.75) is 27.0 Å². The molecule has 0 saturated carbocycles. The minimum Gasteiger partial charge on any atom is -0.489 e. The van der Waals surface area contributed by atoms with Crippen LogP contribution in [0.2, 0.25) is 5.02 Å². The Balaban J connectivity index is 1.66. The molecular formula is C25H26ClFN2O2. The Morgan fingerprint density at radius 2 is 1.84 bits per heavy atom. The Morgan fingerprint density at radius 3 is 2.58 bits per heavy atom. The van der Waals surface area contributed by atoms with Crippen molar-refractivity contribution in [1.82, 2.24) is 5.32 Å². The molecule has 0 radical (unpaired) electrons. The van der Waals surface area contributed by atoms with E-state index in [2.05, 4.69) is 24.5 Å². The van der Waals surface area contributed by atoms with Crippen LogP contribution in [0.1, 0.15) is 35.3 Å². The summed E-state index contributed by atoms with van der Waals surface area (Å²) in [6, 6.07) is 19.0. The Hall–Kier alpha value is -3.05. The molecule has 0 bridgehead atoms.